The van der Waals surface area contributed by atoms with E-state index in [-0.39, 0.29) is 30.0 Å². The minimum absolute atomic E-state index is 0.00476. The van der Waals surface area contributed by atoms with Gasteiger partial charge in [0.15, 0.2) is 0 Å². The molecule has 6 heteroatoms. The second-order valence-corrected chi connectivity index (χ2v) is 7.55. The van der Waals surface area contributed by atoms with Crippen LogP contribution in [0.15, 0.2) is 24.4 Å². The molecule has 5 nitrogen and oxygen atoms in total. The number of aromatic amines is 1. The van der Waals surface area contributed by atoms with Gasteiger partial charge in [-0.3, -0.25) is 9.59 Å². The Hall–Kier alpha value is -2.37. The van der Waals surface area contributed by atoms with Crippen LogP contribution in [0.4, 0.5) is 4.39 Å². The van der Waals surface area contributed by atoms with Crippen LogP contribution >= 0.6 is 0 Å². The fourth-order valence-corrected chi connectivity index (χ4v) is 3.70. The van der Waals surface area contributed by atoms with Crippen LogP contribution in [0.3, 0.4) is 0 Å². The van der Waals surface area contributed by atoms with Gasteiger partial charge in [-0.05, 0) is 55.4 Å². The molecule has 1 saturated carbocycles. The van der Waals surface area contributed by atoms with E-state index in [0.29, 0.717) is 19.0 Å². The third kappa shape index (κ3) is 3.74. The largest absolute Gasteiger partial charge is 0.361 e. The highest BCUT2D eigenvalue weighted by Gasteiger charge is 2.30. The number of halogens is 1. The lowest BCUT2D eigenvalue weighted by molar-refractivity contribution is -0.135. The van der Waals surface area contributed by atoms with Crippen molar-refractivity contribution in [2.45, 2.75) is 32.1 Å². The first-order chi connectivity index (χ1) is 12.6. The van der Waals surface area contributed by atoms with Gasteiger partial charge < -0.3 is 15.2 Å². The summed E-state index contributed by atoms with van der Waals surface area (Å²) in [5.74, 6) is 0.295. The summed E-state index contributed by atoms with van der Waals surface area (Å²) >= 11 is 0. The molecule has 1 aliphatic heterocycles. The predicted molar refractivity (Wildman–Crippen MR) is 97.0 cm³/mol. The molecule has 0 radical (unpaired) electrons. The minimum Gasteiger partial charge on any atom is -0.361 e. The fourth-order valence-electron chi connectivity index (χ4n) is 3.70. The van der Waals surface area contributed by atoms with Crippen molar-refractivity contribution in [1.82, 2.24) is 15.2 Å². The van der Waals surface area contributed by atoms with Crippen molar-refractivity contribution in [2.75, 3.05) is 19.6 Å². The number of likely N-dealkylation sites (tertiary alicyclic amines) is 1. The quantitative estimate of drug-likeness (QED) is 0.864. The highest BCUT2D eigenvalue weighted by Crippen LogP contribution is 2.28. The molecular formula is C20H24FN3O2. The number of carbonyl (C=O) groups excluding carboxylic acids is 2. The van der Waals surface area contributed by atoms with Gasteiger partial charge in [0, 0.05) is 36.7 Å². The summed E-state index contributed by atoms with van der Waals surface area (Å²) in [6.45, 7) is 1.93. The highest BCUT2D eigenvalue weighted by molar-refractivity contribution is 5.89. The molecule has 0 spiro atoms. The first-order valence-corrected chi connectivity index (χ1v) is 9.41. The molecule has 2 aromatic rings. The zero-order valence-corrected chi connectivity index (χ0v) is 14.8. The third-order valence-electron chi connectivity index (χ3n) is 5.48. The highest BCUT2D eigenvalue weighted by atomic mass is 19.1. The van der Waals surface area contributed by atoms with Crippen LogP contribution in [0.25, 0.3) is 10.9 Å². The van der Waals surface area contributed by atoms with E-state index in [1.54, 1.807) is 17.2 Å². The Balaban J connectivity index is 1.38. The van der Waals surface area contributed by atoms with Crippen LogP contribution in [0, 0.1) is 17.7 Å². The maximum Gasteiger partial charge on any atom is 0.227 e. The number of nitrogens with zero attached hydrogens (tertiary/aromatic N) is 1. The molecule has 2 heterocycles. The van der Waals surface area contributed by atoms with Crippen molar-refractivity contribution in [2.24, 2.45) is 11.8 Å². The van der Waals surface area contributed by atoms with Crippen molar-refractivity contribution < 1.29 is 14.0 Å². The summed E-state index contributed by atoms with van der Waals surface area (Å²) in [5, 5.41) is 3.77. The van der Waals surface area contributed by atoms with E-state index in [4.69, 9.17) is 0 Å². The van der Waals surface area contributed by atoms with E-state index in [1.165, 1.54) is 25.0 Å². The molecular weight excluding hydrogens is 333 g/mol. The number of aromatic nitrogens is 1. The van der Waals surface area contributed by atoms with E-state index in [1.807, 2.05) is 0 Å². The number of amides is 2. The maximum absolute atomic E-state index is 13.5. The SMILES string of the molecule is O=C(NCC1CC1)C1CCCN(C(=O)Cc2c[nH]c3ccc(F)cc23)C1. The third-order valence-corrected chi connectivity index (χ3v) is 5.48. The van der Waals surface area contributed by atoms with Crippen LogP contribution in [0.5, 0.6) is 0 Å². The molecule has 2 fully saturated rings. The van der Waals surface area contributed by atoms with Crippen LogP contribution in [0.2, 0.25) is 0 Å². The number of H-pyrrole nitrogens is 1. The number of carbonyl (C=O) groups is 2. The molecule has 2 N–H and O–H groups in total. The fraction of sp³-hybridized carbons (Fsp3) is 0.500. The summed E-state index contributed by atoms with van der Waals surface area (Å²) in [4.78, 5) is 29.9. The number of rotatable bonds is 5. The molecule has 138 valence electrons. The Morgan fingerprint density at radius 3 is 2.92 bits per heavy atom. The second-order valence-electron chi connectivity index (χ2n) is 7.55. The first kappa shape index (κ1) is 17.1. The Bertz CT molecular complexity index is 828. The van der Waals surface area contributed by atoms with Crippen LogP contribution < -0.4 is 5.32 Å². The van der Waals surface area contributed by atoms with E-state index < -0.39 is 0 Å². The average molecular weight is 357 g/mol. The van der Waals surface area contributed by atoms with Gasteiger partial charge in [0.2, 0.25) is 11.8 Å². The molecule has 1 aromatic carbocycles. The number of hydrogen-bond donors (Lipinski definition) is 2. The van der Waals surface area contributed by atoms with Gasteiger partial charge in [0.25, 0.3) is 0 Å². The molecule has 0 bridgehead atoms. The van der Waals surface area contributed by atoms with Crippen molar-refractivity contribution in [3.8, 4) is 0 Å². The maximum atomic E-state index is 13.5. The number of benzene rings is 1. The molecule has 1 aromatic heterocycles. The Morgan fingerprint density at radius 1 is 1.27 bits per heavy atom. The molecule has 1 atom stereocenters. The van der Waals surface area contributed by atoms with Gasteiger partial charge in [-0.25, -0.2) is 4.39 Å². The van der Waals surface area contributed by atoms with E-state index >= 15 is 0 Å². The zero-order valence-electron chi connectivity index (χ0n) is 14.8. The van der Waals surface area contributed by atoms with Crippen molar-refractivity contribution in [1.29, 1.82) is 0 Å². The summed E-state index contributed by atoms with van der Waals surface area (Å²) in [6.07, 6.45) is 6.08. The predicted octanol–water partition coefficient (Wildman–Crippen LogP) is 2.61. The lowest BCUT2D eigenvalue weighted by Crippen LogP contribution is -2.46. The van der Waals surface area contributed by atoms with Gasteiger partial charge in [0.05, 0.1) is 12.3 Å². The van der Waals surface area contributed by atoms with Crippen LogP contribution in [0.1, 0.15) is 31.2 Å². The second kappa shape index (κ2) is 7.09. The number of hydrogen-bond acceptors (Lipinski definition) is 2. The van der Waals surface area contributed by atoms with Gasteiger partial charge >= 0.3 is 0 Å². The molecule has 1 unspecified atom stereocenters. The molecule has 2 aliphatic rings. The molecule has 26 heavy (non-hydrogen) atoms. The van der Waals surface area contributed by atoms with Gasteiger partial charge in [-0.15, -0.1) is 0 Å². The summed E-state index contributed by atoms with van der Waals surface area (Å²) in [5.41, 5.74) is 1.62. The number of nitrogens with one attached hydrogen (secondary N) is 2. The summed E-state index contributed by atoms with van der Waals surface area (Å²) in [7, 11) is 0. The van der Waals surface area contributed by atoms with Gasteiger partial charge in [-0.1, -0.05) is 0 Å². The topological polar surface area (TPSA) is 65.2 Å². The van der Waals surface area contributed by atoms with Crippen LogP contribution in [-0.4, -0.2) is 41.3 Å². The van der Waals surface area contributed by atoms with E-state index in [9.17, 15) is 14.0 Å². The first-order valence-electron chi connectivity index (χ1n) is 9.41. The van der Waals surface area contributed by atoms with Gasteiger partial charge in [-0.2, -0.15) is 0 Å². The lowest BCUT2D eigenvalue weighted by atomic mass is 9.96. The normalized spacial score (nSPS) is 20.3. The van der Waals surface area contributed by atoms with Crippen molar-refractivity contribution >= 4 is 22.7 Å². The Morgan fingerprint density at radius 2 is 2.12 bits per heavy atom. The molecule has 1 aliphatic carbocycles. The lowest BCUT2D eigenvalue weighted by Gasteiger charge is -2.32. The monoisotopic (exact) mass is 357 g/mol. The van der Waals surface area contributed by atoms with Crippen LogP contribution in [-0.2, 0) is 16.0 Å². The van der Waals surface area contributed by atoms with E-state index in [0.717, 1.165) is 35.9 Å². The van der Waals surface area contributed by atoms with Crippen molar-refractivity contribution in [3.63, 3.8) is 0 Å². The Labute approximate surface area is 151 Å². The summed E-state index contributed by atoms with van der Waals surface area (Å²) < 4.78 is 13.5. The van der Waals surface area contributed by atoms with Gasteiger partial charge in [0.1, 0.15) is 5.82 Å². The standard InChI is InChI=1S/C20H24FN3O2/c21-16-5-6-18-17(9-16)15(11-22-18)8-19(25)24-7-1-2-14(12-24)20(26)23-10-13-3-4-13/h5-6,9,11,13-14,22H,1-4,7-8,10,12H2,(H,23,26). The molecule has 4 rings (SSSR count). The summed E-state index contributed by atoms with van der Waals surface area (Å²) in [6, 6.07) is 4.54. The average Bonchev–Trinajstić information content (AvgIpc) is 3.41. The smallest absolute Gasteiger partial charge is 0.227 e. The molecule has 1 saturated heterocycles. The zero-order chi connectivity index (χ0) is 18.1. The number of fused-ring (bicyclic) bond motifs is 1. The Kier molecular flexibility index (Phi) is 4.66. The van der Waals surface area contributed by atoms with E-state index in [2.05, 4.69) is 10.3 Å². The van der Waals surface area contributed by atoms with Crippen molar-refractivity contribution in [3.05, 3.63) is 35.8 Å². The minimum atomic E-state index is -0.309. The number of piperidine rings is 1. The molecule has 2 amide bonds.